The van der Waals surface area contributed by atoms with Crippen molar-refractivity contribution in [3.8, 4) is 17.2 Å². The molecule has 1 N–H and O–H groups in total. The molecule has 0 spiro atoms. The number of carbonyl (C=O) groups excluding carboxylic acids is 1. The van der Waals surface area contributed by atoms with Gasteiger partial charge in [0.25, 0.3) is 5.91 Å². The smallest absolute Gasteiger partial charge is 0.277 e. The van der Waals surface area contributed by atoms with Crippen LogP contribution in [0.5, 0.6) is 17.2 Å². The van der Waals surface area contributed by atoms with Crippen molar-refractivity contribution >= 4 is 12.1 Å². The summed E-state index contributed by atoms with van der Waals surface area (Å²) >= 11 is 0. The summed E-state index contributed by atoms with van der Waals surface area (Å²) in [5, 5.41) is 3.89. The van der Waals surface area contributed by atoms with Crippen LogP contribution in [0.25, 0.3) is 0 Å². The Bertz CT molecular complexity index is 686. The summed E-state index contributed by atoms with van der Waals surface area (Å²) in [7, 11) is 3.12. The summed E-state index contributed by atoms with van der Waals surface area (Å²) < 4.78 is 15.7. The lowest BCUT2D eigenvalue weighted by molar-refractivity contribution is -0.123. The zero-order chi connectivity index (χ0) is 16.5. The highest BCUT2D eigenvalue weighted by atomic mass is 16.5. The van der Waals surface area contributed by atoms with Gasteiger partial charge in [0.1, 0.15) is 5.75 Å². The Kier molecular flexibility index (Phi) is 5.99. The zero-order valence-electron chi connectivity index (χ0n) is 13.0. The standard InChI is InChI=1S/C17H18N2O4/c1-21-14-8-4-3-7-13(14)11-18-19-17(20)12-23-16-10-6-5-9-15(16)22-2/h3-11H,12H2,1-2H3,(H,19,20). The van der Waals surface area contributed by atoms with Crippen molar-refractivity contribution in [3.05, 3.63) is 54.1 Å². The van der Waals surface area contributed by atoms with Gasteiger partial charge in [-0.15, -0.1) is 0 Å². The lowest BCUT2D eigenvalue weighted by Gasteiger charge is -2.09. The summed E-state index contributed by atoms with van der Waals surface area (Å²) in [5.41, 5.74) is 3.16. The van der Waals surface area contributed by atoms with Crippen molar-refractivity contribution in [1.82, 2.24) is 5.43 Å². The summed E-state index contributed by atoms with van der Waals surface area (Å²) in [6, 6.07) is 14.5. The Hall–Kier alpha value is -3.02. The van der Waals surface area contributed by atoms with E-state index >= 15 is 0 Å². The van der Waals surface area contributed by atoms with Crippen LogP contribution < -0.4 is 19.6 Å². The van der Waals surface area contributed by atoms with E-state index in [1.54, 1.807) is 32.4 Å². The average Bonchev–Trinajstić information content (AvgIpc) is 2.60. The van der Waals surface area contributed by atoms with Gasteiger partial charge in [0.15, 0.2) is 18.1 Å². The lowest BCUT2D eigenvalue weighted by atomic mass is 10.2. The molecule has 0 aliphatic heterocycles. The Labute approximate surface area is 134 Å². The van der Waals surface area contributed by atoms with Gasteiger partial charge in [0, 0.05) is 5.56 Å². The van der Waals surface area contributed by atoms with Gasteiger partial charge in [-0.3, -0.25) is 4.79 Å². The molecule has 0 aliphatic carbocycles. The van der Waals surface area contributed by atoms with E-state index in [1.807, 2.05) is 30.3 Å². The van der Waals surface area contributed by atoms with Crippen LogP contribution >= 0.6 is 0 Å². The van der Waals surface area contributed by atoms with Crippen LogP contribution in [0, 0.1) is 0 Å². The molecule has 0 fully saturated rings. The molecule has 0 atom stereocenters. The molecule has 0 aliphatic rings. The molecule has 6 heteroatoms. The second-order valence-corrected chi connectivity index (χ2v) is 4.47. The van der Waals surface area contributed by atoms with E-state index in [0.29, 0.717) is 17.2 Å². The van der Waals surface area contributed by atoms with Crippen molar-refractivity contribution in [2.24, 2.45) is 5.10 Å². The van der Waals surface area contributed by atoms with E-state index in [1.165, 1.54) is 6.21 Å². The Morgan fingerprint density at radius 3 is 2.30 bits per heavy atom. The summed E-state index contributed by atoms with van der Waals surface area (Å²) in [6.07, 6.45) is 1.51. The number of nitrogens with zero attached hydrogens (tertiary/aromatic N) is 1. The van der Waals surface area contributed by atoms with Crippen LogP contribution in [-0.4, -0.2) is 32.9 Å². The van der Waals surface area contributed by atoms with Crippen LogP contribution in [-0.2, 0) is 4.79 Å². The molecule has 2 aromatic carbocycles. The van der Waals surface area contributed by atoms with E-state index in [-0.39, 0.29) is 12.5 Å². The number of methoxy groups -OCH3 is 2. The minimum absolute atomic E-state index is 0.163. The number of hydrogen-bond acceptors (Lipinski definition) is 5. The first-order valence-electron chi connectivity index (χ1n) is 6.95. The number of carbonyl (C=O) groups is 1. The number of hydrogen-bond donors (Lipinski definition) is 1. The number of amides is 1. The van der Waals surface area contributed by atoms with Crippen LogP contribution in [0.1, 0.15) is 5.56 Å². The number of hydrazone groups is 1. The fourth-order valence-corrected chi connectivity index (χ4v) is 1.86. The highest BCUT2D eigenvalue weighted by Gasteiger charge is 2.06. The van der Waals surface area contributed by atoms with Crippen molar-refractivity contribution in [3.63, 3.8) is 0 Å². The SMILES string of the molecule is COc1ccccc1C=NNC(=O)COc1ccccc1OC. The maximum atomic E-state index is 11.7. The monoisotopic (exact) mass is 314 g/mol. The fraction of sp³-hybridized carbons (Fsp3) is 0.176. The molecule has 120 valence electrons. The maximum Gasteiger partial charge on any atom is 0.277 e. The molecule has 0 unspecified atom stereocenters. The Balaban J connectivity index is 1.87. The maximum absolute atomic E-state index is 11.7. The first-order valence-corrected chi connectivity index (χ1v) is 6.95. The minimum Gasteiger partial charge on any atom is -0.496 e. The molecule has 0 radical (unpaired) electrons. The molecular formula is C17H18N2O4. The molecule has 2 rings (SSSR count). The minimum atomic E-state index is -0.373. The van der Waals surface area contributed by atoms with E-state index in [4.69, 9.17) is 14.2 Å². The molecule has 1 amide bonds. The van der Waals surface area contributed by atoms with Gasteiger partial charge >= 0.3 is 0 Å². The van der Waals surface area contributed by atoms with E-state index < -0.39 is 0 Å². The number of ether oxygens (including phenoxy) is 3. The van der Waals surface area contributed by atoms with Crippen LogP contribution in [0.3, 0.4) is 0 Å². The Morgan fingerprint density at radius 2 is 1.61 bits per heavy atom. The van der Waals surface area contributed by atoms with Crippen molar-refractivity contribution in [1.29, 1.82) is 0 Å². The topological polar surface area (TPSA) is 69.2 Å². The molecule has 0 aromatic heterocycles. The fourth-order valence-electron chi connectivity index (χ4n) is 1.86. The van der Waals surface area contributed by atoms with Gasteiger partial charge in [-0.25, -0.2) is 5.43 Å². The third-order valence-corrected chi connectivity index (χ3v) is 2.96. The van der Waals surface area contributed by atoms with E-state index in [0.717, 1.165) is 5.56 Å². The summed E-state index contributed by atoms with van der Waals surface area (Å²) in [5.74, 6) is 1.37. The number of benzene rings is 2. The van der Waals surface area contributed by atoms with Gasteiger partial charge in [-0.1, -0.05) is 24.3 Å². The predicted molar refractivity (Wildman–Crippen MR) is 87.2 cm³/mol. The summed E-state index contributed by atoms with van der Waals surface area (Å²) in [6.45, 7) is -0.163. The van der Waals surface area contributed by atoms with Gasteiger partial charge in [-0.05, 0) is 24.3 Å². The lowest BCUT2D eigenvalue weighted by Crippen LogP contribution is -2.24. The van der Waals surface area contributed by atoms with Gasteiger partial charge in [0.05, 0.1) is 20.4 Å². The molecule has 0 saturated heterocycles. The Morgan fingerprint density at radius 1 is 1.00 bits per heavy atom. The highest BCUT2D eigenvalue weighted by molar-refractivity contribution is 5.85. The average molecular weight is 314 g/mol. The van der Waals surface area contributed by atoms with E-state index in [9.17, 15) is 4.79 Å². The molecule has 6 nitrogen and oxygen atoms in total. The second kappa shape index (κ2) is 8.43. The summed E-state index contributed by atoms with van der Waals surface area (Å²) in [4.78, 5) is 11.7. The van der Waals surface area contributed by atoms with Crippen LogP contribution in [0.15, 0.2) is 53.6 Å². The van der Waals surface area contributed by atoms with Crippen molar-refractivity contribution in [2.45, 2.75) is 0 Å². The predicted octanol–water partition coefficient (Wildman–Crippen LogP) is 2.23. The van der Waals surface area contributed by atoms with Gasteiger partial charge in [0.2, 0.25) is 0 Å². The van der Waals surface area contributed by atoms with Crippen molar-refractivity contribution < 1.29 is 19.0 Å². The molecule has 0 saturated carbocycles. The third-order valence-electron chi connectivity index (χ3n) is 2.96. The van der Waals surface area contributed by atoms with Crippen LogP contribution in [0.4, 0.5) is 0 Å². The zero-order valence-corrected chi connectivity index (χ0v) is 13.0. The largest absolute Gasteiger partial charge is 0.496 e. The third kappa shape index (κ3) is 4.74. The van der Waals surface area contributed by atoms with Gasteiger partial charge in [-0.2, -0.15) is 5.10 Å². The molecule has 0 heterocycles. The van der Waals surface area contributed by atoms with Gasteiger partial charge < -0.3 is 14.2 Å². The molecular weight excluding hydrogens is 296 g/mol. The van der Waals surface area contributed by atoms with Crippen molar-refractivity contribution in [2.75, 3.05) is 20.8 Å². The second-order valence-electron chi connectivity index (χ2n) is 4.47. The number of nitrogens with one attached hydrogen (secondary N) is 1. The normalized spacial score (nSPS) is 10.3. The first-order chi connectivity index (χ1) is 11.2. The van der Waals surface area contributed by atoms with Crippen LogP contribution in [0.2, 0.25) is 0 Å². The first kappa shape index (κ1) is 16.4. The molecule has 2 aromatic rings. The highest BCUT2D eigenvalue weighted by Crippen LogP contribution is 2.25. The number of rotatable bonds is 7. The number of para-hydroxylation sites is 3. The van der Waals surface area contributed by atoms with E-state index in [2.05, 4.69) is 10.5 Å². The molecule has 0 bridgehead atoms. The molecule has 23 heavy (non-hydrogen) atoms. The quantitative estimate of drug-likeness (QED) is 0.628.